The fraction of sp³-hybridized carbons (Fsp3) is 0.875. The van der Waals surface area contributed by atoms with E-state index in [4.69, 9.17) is 5.73 Å². The second-order valence-corrected chi connectivity index (χ2v) is 6.11. The molecule has 3 N–H and O–H groups in total. The van der Waals surface area contributed by atoms with E-state index in [0.717, 1.165) is 44.9 Å². The summed E-state index contributed by atoms with van der Waals surface area (Å²) in [5.74, 6) is 0.0315. The molecule has 1 rings (SSSR count). The minimum Gasteiger partial charge on any atom is -0.357 e. The van der Waals surface area contributed by atoms with E-state index in [9.17, 15) is 9.59 Å². The summed E-state index contributed by atoms with van der Waals surface area (Å²) in [5, 5.41) is 2.69. The lowest BCUT2D eigenvalue weighted by Gasteiger charge is -2.41. The van der Waals surface area contributed by atoms with Crippen molar-refractivity contribution in [2.45, 2.75) is 64.8 Å². The van der Waals surface area contributed by atoms with Gasteiger partial charge >= 0.3 is 0 Å². The lowest BCUT2D eigenvalue weighted by atomic mass is 9.77. The highest BCUT2D eigenvalue weighted by Crippen LogP contribution is 2.33. The van der Waals surface area contributed by atoms with Crippen LogP contribution in [0.25, 0.3) is 0 Å². The van der Waals surface area contributed by atoms with Crippen LogP contribution in [0.4, 0.5) is 0 Å². The Kier molecular flexibility index (Phi) is 7.15. The first-order chi connectivity index (χ1) is 10.1. The van der Waals surface area contributed by atoms with Gasteiger partial charge in [0.2, 0.25) is 11.8 Å². The Balaban J connectivity index is 3.01. The van der Waals surface area contributed by atoms with Crippen molar-refractivity contribution in [1.29, 1.82) is 0 Å². The summed E-state index contributed by atoms with van der Waals surface area (Å²) in [5.41, 5.74) is 5.50. The molecule has 5 nitrogen and oxygen atoms in total. The zero-order valence-corrected chi connectivity index (χ0v) is 13.8. The number of amides is 2. The number of nitrogens with zero attached hydrogens (tertiary/aromatic N) is 1. The molecule has 5 heteroatoms. The van der Waals surface area contributed by atoms with Crippen LogP contribution < -0.4 is 11.1 Å². The molecule has 0 aliphatic carbocycles. The summed E-state index contributed by atoms with van der Waals surface area (Å²) in [4.78, 5) is 27.0. The number of likely N-dealkylation sites (N-methyl/N-ethyl adjacent to an activating group) is 1. The fourth-order valence-electron chi connectivity index (χ4n) is 3.51. The maximum Gasteiger partial charge on any atom is 0.242 e. The largest absolute Gasteiger partial charge is 0.357 e. The molecule has 21 heavy (non-hydrogen) atoms. The van der Waals surface area contributed by atoms with Crippen molar-refractivity contribution in [3.63, 3.8) is 0 Å². The van der Waals surface area contributed by atoms with E-state index in [-0.39, 0.29) is 17.9 Å². The molecule has 0 radical (unpaired) electrons. The summed E-state index contributed by atoms with van der Waals surface area (Å²) in [6.45, 7) is 5.20. The Morgan fingerprint density at radius 1 is 1.24 bits per heavy atom. The molecule has 0 aromatic carbocycles. The minimum atomic E-state index is -0.493. The van der Waals surface area contributed by atoms with E-state index in [0.29, 0.717) is 13.1 Å². The molecular weight excluding hydrogens is 266 g/mol. The molecule has 2 amide bonds. The summed E-state index contributed by atoms with van der Waals surface area (Å²) in [6.07, 6.45) is 6.19. The number of nitrogens with two attached hydrogens (primary N) is 1. The average Bonchev–Trinajstić information content (AvgIpc) is 2.53. The normalized spacial score (nSPS) is 19.4. The van der Waals surface area contributed by atoms with Gasteiger partial charge in [0.1, 0.15) is 6.04 Å². The van der Waals surface area contributed by atoms with Crippen LogP contribution in [0.15, 0.2) is 0 Å². The maximum absolute atomic E-state index is 13.1. The van der Waals surface area contributed by atoms with Crippen molar-refractivity contribution >= 4 is 11.8 Å². The van der Waals surface area contributed by atoms with Crippen molar-refractivity contribution in [1.82, 2.24) is 10.2 Å². The number of hydrogen-bond acceptors (Lipinski definition) is 3. The third-order valence-corrected chi connectivity index (χ3v) is 4.61. The number of piperidine rings is 1. The Morgan fingerprint density at radius 3 is 2.33 bits per heavy atom. The van der Waals surface area contributed by atoms with Gasteiger partial charge in [-0.1, -0.05) is 26.7 Å². The second-order valence-electron chi connectivity index (χ2n) is 6.11. The minimum absolute atomic E-state index is 0.0537. The molecule has 1 heterocycles. The smallest absolute Gasteiger partial charge is 0.242 e. The van der Waals surface area contributed by atoms with Gasteiger partial charge in [0.05, 0.1) is 5.41 Å². The highest BCUT2D eigenvalue weighted by atomic mass is 16.2. The number of likely N-dealkylation sites (tertiary alicyclic amines) is 1. The summed E-state index contributed by atoms with van der Waals surface area (Å²) in [7, 11) is 1.63. The fourth-order valence-corrected chi connectivity index (χ4v) is 3.51. The van der Waals surface area contributed by atoms with E-state index < -0.39 is 5.41 Å². The maximum atomic E-state index is 13.1. The molecular formula is C16H31N3O2. The van der Waals surface area contributed by atoms with Crippen LogP contribution in [0.3, 0.4) is 0 Å². The van der Waals surface area contributed by atoms with Gasteiger partial charge in [0.15, 0.2) is 0 Å². The van der Waals surface area contributed by atoms with E-state index >= 15 is 0 Å². The van der Waals surface area contributed by atoms with Gasteiger partial charge in [-0.2, -0.15) is 0 Å². The predicted octanol–water partition coefficient (Wildman–Crippen LogP) is 1.66. The SMILES string of the molecule is CCCC(CN)(CCC)C(=O)N1CCCCC1C(=O)NC. The Hall–Kier alpha value is -1.10. The Bertz CT molecular complexity index is 351. The third-order valence-electron chi connectivity index (χ3n) is 4.61. The molecule has 1 saturated heterocycles. The van der Waals surface area contributed by atoms with Crippen LogP contribution in [-0.4, -0.2) is 42.9 Å². The molecule has 1 unspecified atom stereocenters. The Labute approximate surface area is 128 Å². The Morgan fingerprint density at radius 2 is 1.86 bits per heavy atom. The molecule has 0 aromatic heterocycles. The number of carbonyl (C=O) groups excluding carboxylic acids is 2. The van der Waals surface area contributed by atoms with Crippen molar-refractivity contribution in [2.24, 2.45) is 11.1 Å². The molecule has 1 fully saturated rings. The molecule has 0 saturated carbocycles. The molecule has 122 valence electrons. The average molecular weight is 297 g/mol. The lowest BCUT2D eigenvalue weighted by molar-refractivity contribution is -0.151. The quantitative estimate of drug-likeness (QED) is 0.750. The molecule has 1 aliphatic heterocycles. The zero-order chi connectivity index (χ0) is 15.9. The predicted molar refractivity (Wildman–Crippen MR) is 84.7 cm³/mol. The summed E-state index contributed by atoms with van der Waals surface area (Å²) in [6, 6.07) is -0.323. The van der Waals surface area contributed by atoms with Crippen LogP contribution in [0, 0.1) is 5.41 Å². The third kappa shape index (κ3) is 3.96. The van der Waals surface area contributed by atoms with Gasteiger partial charge in [-0.15, -0.1) is 0 Å². The van der Waals surface area contributed by atoms with Crippen molar-refractivity contribution < 1.29 is 9.59 Å². The van der Waals surface area contributed by atoms with Gasteiger partial charge in [-0.3, -0.25) is 9.59 Å². The standard InChI is InChI=1S/C16H31N3O2/c1-4-9-16(12-17,10-5-2)15(21)19-11-7-6-8-13(19)14(20)18-3/h13H,4-12,17H2,1-3H3,(H,18,20). The monoisotopic (exact) mass is 297 g/mol. The van der Waals surface area contributed by atoms with Crippen molar-refractivity contribution in [2.75, 3.05) is 20.1 Å². The first-order valence-corrected chi connectivity index (χ1v) is 8.29. The molecule has 0 bridgehead atoms. The highest BCUT2D eigenvalue weighted by molar-refractivity contribution is 5.90. The number of nitrogens with one attached hydrogen (secondary N) is 1. The van der Waals surface area contributed by atoms with Crippen LogP contribution in [0.2, 0.25) is 0 Å². The van der Waals surface area contributed by atoms with Crippen LogP contribution in [0.5, 0.6) is 0 Å². The van der Waals surface area contributed by atoms with Gasteiger partial charge in [-0.25, -0.2) is 0 Å². The number of carbonyl (C=O) groups is 2. The molecule has 0 spiro atoms. The first kappa shape index (κ1) is 18.0. The molecule has 1 aliphatic rings. The summed E-state index contributed by atoms with van der Waals surface area (Å²) < 4.78 is 0. The van der Waals surface area contributed by atoms with Crippen LogP contribution >= 0.6 is 0 Å². The molecule has 0 aromatic rings. The van der Waals surface area contributed by atoms with E-state index in [1.165, 1.54) is 0 Å². The highest BCUT2D eigenvalue weighted by Gasteiger charge is 2.42. The first-order valence-electron chi connectivity index (χ1n) is 8.29. The van der Waals surface area contributed by atoms with E-state index in [2.05, 4.69) is 19.2 Å². The van der Waals surface area contributed by atoms with Gasteiger partial charge in [0, 0.05) is 20.1 Å². The van der Waals surface area contributed by atoms with Gasteiger partial charge < -0.3 is 16.0 Å². The number of rotatable bonds is 7. The second kappa shape index (κ2) is 8.37. The van der Waals surface area contributed by atoms with Gasteiger partial charge in [0.25, 0.3) is 0 Å². The van der Waals surface area contributed by atoms with Crippen molar-refractivity contribution in [3.05, 3.63) is 0 Å². The van der Waals surface area contributed by atoms with E-state index in [1.807, 2.05) is 0 Å². The number of hydrogen-bond donors (Lipinski definition) is 2. The molecule has 1 atom stereocenters. The van der Waals surface area contributed by atoms with Gasteiger partial charge in [-0.05, 0) is 32.1 Å². The van der Waals surface area contributed by atoms with E-state index in [1.54, 1.807) is 11.9 Å². The van der Waals surface area contributed by atoms with Crippen molar-refractivity contribution in [3.8, 4) is 0 Å². The lowest BCUT2D eigenvalue weighted by Crippen LogP contribution is -2.57. The van der Waals surface area contributed by atoms with Crippen LogP contribution in [0.1, 0.15) is 58.8 Å². The summed E-state index contributed by atoms with van der Waals surface area (Å²) >= 11 is 0. The topological polar surface area (TPSA) is 75.4 Å². The van der Waals surface area contributed by atoms with Crippen LogP contribution in [-0.2, 0) is 9.59 Å². The zero-order valence-electron chi connectivity index (χ0n) is 13.8.